The van der Waals surface area contributed by atoms with Gasteiger partial charge in [0.15, 0.2) is 0 Å². The lowest BCUT2D eigenvalue weighted by Crippen LogP contribution is -2.26. The fourth-order valence-corrected chi connectivity index (χ4v) is 2.58. The number of aliphatic hydroxyl groups excluding tert-OH is 1. The summed E-state index contributed by atoms with van der Waals surface area (Å²) in [6, 6.07) is 1.63. The van der Waals surface area contributed by atoms with Gasteiger partial charge in [-0.15, -0.1) is 0 Å². The highest BCUT2D eigenvalue weighted by molar-refractivity contribution is 6.31. The van der Waals surface area contributed by atoms with Gasteiger partial charge in [-0.25, -0.2) is 13.8 Å². The Kier molecular flexibility index (Phi) is 6.46. The van der Waals surface area contributed by atoms with Crippen molar-refractivity contribution in [3.8, 4) is 0 Å². The number of amides is 1. The normalized spacial score (nSPS) is 15.4. The quantitative estimate of drug-likeness (QED) is 0.439. The summed E-state index contributed by atoms with van der Waals surface area (Å²) in [6.45, 7) is -0.230. The zero-order valence-electron chi connectivity index (χ0n) is 13.4. The average Bonchev–Trinajstić information content (AvgIpc) is 2.90. The maximum atomic E-state index is 12.5. The molecule has 0 aliphatic carbocycles. The number of nitrogens with zero attached hydrogens (tertiary/aromatic N) is 3. The number of halogens is 3. The summed E-state index contributed by atoms with van der Waals surface area (Å²) in [5.41, 5.74) is 1.71. The molecule has 6 nitrogen and oxygen atoms in total. The van der Waals surface area contributed by atoms with Crippen LogP contribution in [0.2, 0.25) is 0 Å². The van der Waals surface area contributed by atoms with E-state index in [0.717, 1.165) is 5.56 Å². The molecule has 2 heterocycles. The van der Waals surface area contributed by atoms with Gasteiger partial charge in [-0.1, -0.05) is 11.6 Å². The van der Waals surface area contributed by atoms with Gasteiger partial charge >= 0.3 is 0 Å². The van der Waals surface area contributed by atoms with Crippen LogP contribution in [0.4, 0.5) is 14.6 Å². The minimum Gasteiger partial charge on any atom is -0.514 e. The van der Waals surface area contributed by atoms with E-state index >= 15 is 0 Å². The number of alkyl halides is 2. The molecule has 2 N–H and O–H groups in total. The molecule has 0 fully saturated rings. The van der Waals surface area contributed by atoms with Gasteiger partial charge in [-0.3, -0.25) is 9.79 Å². The molecule has 0 saturated heterocycles. The van der Waals surface area contributed by atoms with Gasteiger partial charge in [0.2, 0.25) is 0 Å². The number of hydrogen-bond acceptors (Lipinski definition) is 5. The number of aliphatic imine (C=N–C) groups is 1. The van der Waals surface area contributed by atoms with Crippen molar-refractivity contribution in [2.75, 3.05) is 25.5 Å². The molecule has 25 heavy (non-hydrogen) atoms. The van der Waals surface area contributed by atoms with E-state index in [4.69, 9.17) is 16.7 Å². The van der Waals surface area contributed by atoms with Crippen molar-refractivity contribution in [3.05, 3.63) is 46.3 Å². The first-order valence-electron chi connectivity index (χ1n) is 7.39. The van der Waals surface area contributed by atoms with E-state index in [9.17, 15) is 13.6 Å². The lowest BCUT2D eigenvalue weighted by Gasteiger charge is -2.16. The Morgan fingerprint density at radius 2 is 2.36 bits per heavy atom. The third-order valence-electron chi connectivity index (χ3n) is 3.48. The van der Waals surface area contributed by atoms with Crippen molar-refractivity contribution in [2.45, 2.75) is 13.0 Å². The van der Waals surface area contributed by atoms with Crippen LogP contribution in [0.1, 0.15) is 15.9 Å². The lowest BCUT2D eigenvalue weighted by atomic mass is 10.1. The Morgan fingerprint density at radius 1 is 1.60 bits per heavy atom. The molecule has 1 aliphatic rings. The lowest BCUT2D eigenvalue weighted by molar-refractivity contribution is 0.0794. The van der Waals surface area contributed by atoms with Crippen molar-refractivity contribution < 1.29 is 18.7 Å². The predicted molar refractivity (Wildman–Crippen MR) is 92.5 cm³/mol. The van der Waals surface area contributed by atoms with Crippen LogP contribution in [0, 0.1) is 0 Å². The SMILES string of the molecule is CNc1nccc2c1CN(CC(/C=N\CC(F)F)=C/C(Cl)=C/O)C2=O. The molecular formula is C16H17ClF2N4O2. The molecule has 1 aromatic heterocycles. The van der Waals surface area contributed by atoms with Crippen molar-refractivity contribution in [1.29, 1.82) is 0 Å². The van der Waals surface area contributed by atoms with E-state index in [-0.39, 0.29) is 17.5 Å². The molecule has 134 valence electrons. The van der Waals surface area contributed by atoms with Crippen molar-refractivity contribution >= 4 is 29.5 Å². The zero-order valence-corrected chi connectivity index (χ0v) is 14.2. The number of nitrogens with one attached hydrogen (secondary N) is 1. The molecule has 0 saturated carbocycles. The van der Waals surface area contributed by atoms with Crippen molar-refractivity contribution in [2.24, 2.45) is 4.99 Å². The Labute approximate surface area is 148 Å². The number of rotatable bonds is 7. The third-order valence-corrected chi connectivity index (χ3v) is 3.69. The van der Waals surface area contributed by atoms with E-state index in [1.165, 1.54) is 23.4 Å². The number of anilines is 1. The largest absolute Gasteiger partial charge is 0.514 e. The van der Waals surface area contributed by atoms with Gasteiger partial charge < -0.3 is 15.3 Å². The van der Waals surface area contributed by atoms with Gasteiger partial charge in [0.25, 0.3) is 12.3 Å². The van der Waals surface area contributed by atoms with Crippen molar-refractivity contribution in [3.63, 3.8) is 0 Å². The summed E-state index contributed by atoms with van der Waals surface area (Å²) in [7, 11) is 1.71. The van der Waals surface area contributed by atoms with Crippen molar-refractivity contribution in [1.82, 2.24) is 9.88 Å². The van der Waals surface area contributed by atoms with Crippen LogP contribution < -0.4 is 5.32 Å². The highest BCUT2D eigenvalue weighted by atomic mass is 35.5. The summed E-state index contributed by atoms with van der Waals surface area (Å²) in [4.78, 5) is 21.8. The van der Waals surface area contributed by atoms with E-state index in [1.54, 1.807) is 13.1 Å². The average molecular weight is 371 g/mol. The summed E-state index contributed by atoms with van der Waals surface area (Å²) in [5, 5.41) is 11.9. The molecule has 0 spiro atoms. The summed E-state index contributed by atoms with van der Waals surface area (Å²) < 4.78 is 24.5. The maximum absolute atomic E-state index is 12.5. The molecule has 2 rings (SSSR count). The molecule has 1 amide bonds. The predicted octanol–water partition coefficient (Wildman–Crippen LogP) is 2.98. The monoisotopic (exact) mass is 370 g/mol. The molecule has 0 aromatic carbocycles. The molecule has 0 unspecified atom stereocenters. The Bertz CT molecular complexity index is 735. The minimum absolute atomic E-state index is 0.000220. The van der Waals surface area contributed by atoms with Crippen LogP contribution in [-0.2, 0) is 6.54 Å². The van der Waals surface area contributed by atoms with Crippen LogP contribution in [0.25, 0.3) is 0 Å². The fourth-order valence-electron chi connectivity index (χ4n) is 2.44. The minimum atomic E-state index is -2.57. The van der Waals surface area contributed by atoms with Crippen LogP contribution >= 0.6 is 11.6 Å². The number of carbonyl (C=O) groups is 1. The first kappa shape index (κ1) is 18.9. The van der Waals surface area contributed by atoms with Crippen LogP contribution in [0.15, 0.2) is 40.2 Å². The maximum Gasteiger partial charge on any atom is 0.257 e. The van der Waals surface area contributed by atoms with Crippen LogP contribution in [-0.4, -0.2) is 53.7 Å². The van der Waals surface area contributed by atoms with Crippen LogP contribution in [0.3, 0.4) is 0 Å². The summed E-state index contributed by atoms with van der Waals surface area (Å²) >= 11 is 5.76. The molecule has 0 radical (unpaired) electrons. The number of allylic oxidation sites excluding steroid dienone is 2. The number of hydrogen-bond donors (Lipinski definition) is 2. The number of pyridine rings is 1. The van der Waals surface area contributed by atoms with E-state index < -0.39 is 13.0 Å². The van der Waals surface area contributed by atoms with Gasteiger partial charge in [-0.2, -0.15) is 0 Å². The Morgan fingerprint density at radius 3 is 3.00 bits per heavy atom. The van der Waals surface area contributed by atoms with E-state index in [2.05, 4.69) is 15.3 Å². The van der Waals surface area contributed by atoms with Gasteiger partial charge in [0.1, 0.15) is 5.82 Å². The molecule has 0 bridgehead atoms. The number of aliphatic hydroxyl groups is 1. The first-order chi connectivity index (χ1) is 12.0. The molecule has 1 aromatic rings. The number of aromatic nitrogens is 1. The van der Waals surface area contributed by atoms with Gasteiger partial charge in [-0.05, 0) is 17.7 Å². The van der Waals surface area contributed by atoms with E-state index in [1.807, 2.05) is 0 Å². The topological polar surface area (TPSA) is 77.8 Å². The van der Waals surface area contributed by atoms with Gasteiger partial charge in [0.05, 0.1) is 24.4 Å². The second-order valence-corrected chi connectivity index (χ2v) is 5.65. The first-order valence-corrected chi connectivity index (χ1v) is 7.77. The second-order valence-electron chi connectivity index (χ2n) is 5.22. The Balaban J connectivity index is 2.21. The van der Waals surface area contributed by atoms with Gasteiger partial charge in [0, 0.05) is 37.1 Å². The number of carbonyl (C=O) groups excluding carboxylic acids is 1. The molecule has 9 heteroatoms. The van der Waals surface area contributed by atoms with Crippen LogP contribution in [0.5, 0.6) is 0 Å². The zero-order chi connectivity index (χ0) is 18.4. The third kappa shape index (κ3) is 4.76. The van der Waals surface area contributed by atoms with E-state index in [0.29, 0.717) is 29.8 Å². The smallest absolute Gasteiger partial charge is 0.257 e. The highest BCUT2D eigenvalue weighted by Gasteiger charge is 2.30. The summed E-state index contributed by atoms with van der Waals surface area (Å²) in [6.07, 6.45) is 2.24. The molecular weight excluding hydrogens is 354 g/mol. The second kappa shape index (κ2) is 8.57. The fraction of sp³-hybridized carbons (Fsp3) is 0.312. The Hall–Kier alpha value is -2.48. The number of fused-ring (bicyclic) bond motifs is 1. The highest BCUT2D eigenvalue weighted by Crippen LogP contribution is 2.28. The molecule has 0 atom stereocenters. The summed E-state index contributed by atoms with van der Waals surface area (Å²) in [5.74, 6) is 0.407. The standard InChI is InChI=1S/C16H17ClF2N4O2/c1-20-15-13-8-23(16(25)12(13)2-3-22-15)7-10(4-11(17)9-24)5-21-6-14(18)19/h2-5,9,14,24H,6-8H2,1H3,(H,20,22)/b10-4+,11-9-,21-5-. The molecule has 1 aliphatic heterocycles.